The van der Waals surface area contributed by atoms with Crippen LogP contribution in [0.15, 0.2) is 0 Å². The van der Waals surface area contributed by atoms with E-state index < -0.39 is 0 Å². The van der Waals surface area contributed by atoms with Crippen LogP contribution in [0.25, 0.3) is 0 Å². The SMILES string of the molecule is CC(C(=O)NC1CCC1)C(C)(C)C. The predicted molar refractivity (Wildman–Crippen MR) is 54.4 cm³/mol. The molecule has 0 spiro atoms. The number of hydrogen-bond donors (Lipinski definition) is 1. The summed E-state index contributed by atoms with van der Waals surface area (Å²) in [5.74, 6) is 0.324. The molecule has 1 N–H and O–H groups in total. The van der Waals surface area contributed by atoms with E-state index in [0.717, 1.165) is 0 Å². The first kappa shape index (κ1) is 10.6. The molecule has 1 amide bonds. The molecule has 13 heavy (non-hydrogen) atoms. The minimum atomic E-state index is 0.0772. The minimum Gasteiger partial charge on any atom is -0.353 e. The Morgan fingerprint density at radius 2 is 1.92 bits per heavy atom. The number of carbonyl (C=O) groups excluding carboxylic acids is 1. The highest BCUT2D eigenvalue weighted by Crippen LogP contribution is 2.26. The van der Waals surface area contributed by atoms with Crippen LogP contribution in [0.3, 0.4) is 0 Å². The number of carbonyl (C=O) groups is 1. The lowest BCUT2D eigenvalue weighted by atomic mass is 9.81. The van der Waals surface area contributed by atoms with E-state index in [0.29, 0.717) is 6.04 Å². The van der Waals surface area contributed by atoms with Crippen LogP contribution < -0.4 is 5.32 Å². The van der Waals surface area contributed by atoms with Gasteiger partial charge in [0.15, 0.2) is 0 Å². The van der Waals surface area contributed by atoms with Crippen molar-refractivity contribution in [2.75, 3.05) is 0 Å². The van der Waals surface area contributed by atoms with E-state index in [4.69, 9.17) is 0 Å². The largest absolute Gasteiger partial charge is 0.353 e. The van der Waals surface area contributed by atoms with E-state index in [2.05, 4.69) is 26.1 Å². The smallest absolute Gasteiger partial charge is 0.223 e. The molecule has 76 valence electrons. The predicted octanol–water partition coefficient (Wildman–Crippen LogP) is 2.34. The summed E-state index contributed by atoms with van der Waals surface area (Å²) in [6.45, 7) is 8.34. The van der Waals surface area contributed by atoms with Gasteiger partial charge in [-0.2, -0.15) is 0 Å². The first-order chi connectivity index (χ1) is 5.91. The standard InChI is InChI=1S/C11H21NO/c1-8(11(2,3)4)10(13)12-9-6-5-7-9/h8-9H,5-7H2,1-4H3,(H,12,13). The van der Waals surface area contributed by atoms with Crippen molar-refractivity contribution >= 4 is 5.91 Å². The van der Waals surface area contributed by atoms with Gasteiger partial charge >= 0.3 is 0 Å². The Labute approximate surface area is 81.1 Å². The summed E-state index contributed by atoms with van der Waals surface area (Å²) in [5.41, 5.74) is 0.0772. The molecule has 1 saturated carbocycles. The van der Waals surface area contributed by atoms with Gasteiger partial charge in [-0.1, -0.05) is 27.7 Å². The summed E-state index contributed by atoms with van der Waals surface area (Å²) >= 11 is 0. The summed E-state index contributed by atoms with van der Waals surface area (Å²) in [6, 6.07) is 0.470. The maximum absolute atomic E-state index is 11.7. The Morgan fingerprint density at radius 1 is 1.38 bits per heavy atom. The quantitative estimate of drug-likeness (QED) is 0.699. The van der Waals surface area contributed by atoms with Crippen LogP contribution in [0.5, 0.6) is 0 Å². The van der Waals surface area contributed by atoms with Crippen LogP contribution >= 0.6 is 0 Å². The second-order valence-electron chi connectivity index (χ2n) is 5.22. The molecule has 1 fully saturated rings. The highest BCUT2D eigenvalue weighted by Gasteiger charge is 2.29. The molecule has 0 aliphatic heterocycles. The second kappa shape index (κ2) is 3.69. The summed E-state index contributed by atoms with van der Waals surface area (Å²) in [6.07, 6.45) is 3.61. The molecule has 0 bridgehead atoms. The highest BCUT2D eigenvalue weighted by atomic mass is 16.2. The first-order valence-corrected chi connectivity index (χ1v) is 5.21. The van der Waals surface area contributed by atoms with Gasteiger partial charge in [-0.3, -0.25) is 4.79 Å². The van der Waals surface area contributed by atoms with Gasteiger partial charge in [0.05, 0.1) is 0 Å². The maximum atomic E-state index is 11.7. The molecule has 0 aromatic rings. The maximum Gasteiger partial charge on any atom is 0.223 e. The Bertz CT molecular complexity index is 189. The third-order valence-electron chi connectivity index (χ3n) is 3.14. The number of rotatable bonds is 2. The van der Waals surface area contributed by atoms with E-state index in [1.54, 1.807) is 0 Å². The van der Waals surface area contributed by atoms with Crippen molar-refractivity contribution in [2.24, 2.45) is 11.3 Å². The summed E-state index contributed by atoms with van der Waals surface area (Å²) in [7, 11) is 0. The van der Waals surface area contributed by atoms with Crippen molar-refractivity contribution in [1.29, 1.82) is 0 Å². The van der Waals surface area contributed by atoms with Crippen LogP contribution in [0.4, 0.5) is 0 Å². The topological polar surface area (TPSA) is 29.1 Å². The van der Waals surface area contributed by atoms with E-state index in [9.17, 15) is 4.79 Å². The fraction of sp³-hybridized carbons (Fsp3) is 0.909. The molecule has 0 saturated heterocycles. The Balaban J connectivity index is 2.37. The van der Waals surface area contributed by atoms with E-state index >= 15 is 0 Å². The monoisotopic (exact) mass is 183 g/mol. The fourth-order valence-corrected chi connectivity index (χ4v) is 1.27. The lowest BCUT2D eigenvalue weighted by Crippen LogP contribution is -2.44. The van der Waals surface area contributed by atoms with Gasteiger partial charge in [-0.15, -0.1) is 0 Å². The number of hydrogen-bond acceptors (Lipinski definition) is 1. The summed E-state index contributed by atoms with van der Waals surface area (Å²) < 4.78 is 0. The normalized spacial score (nSPS) is 20.6. The van der Waals surface area contributed by atoms with Gasteiger partial charge in [-0.25, -0.2) is 0 Å². The zero-order valence-corrected chi connectivity index (χ0v) is 9.18. The van der Waals surface area contributed by atoms with Gasteiger partial charge in [0.1, 0.15) is 0 Å². The molecule has 0 radical (unpaired) electrons. The van der Waals surface area contributed by atoms with Gasteiger partial charge in [0.2, 0.25) is 5.91 Å². The van der Waals surface area contributed by atoms with Crippen molar-refractivity contribution < 1.29 is 4.79 Å². The average Bonchev–Trinajstić information content (AvgIpc) is 1.93. The molecule has 2 heteroatoms. The molecule has 0 heterocycles. The number of nitrogens with one attached hydrogen (secondary N) is 1. The fourth-order valence-electron chi connectivity index (χ4n) is 1.27. The van der Waals surface area contributed by atoms with E-state index in [1.807, 2.05) is 6.92 Å². The molecule has 1 unspecified atom stereocenters. The van der Waals surface area contributed by atoms with Crippen LogP contribution in [-0.2, 0) is 4.79 Å². The molecule has 0 aromatic carbocycles. The molecule has 1 rings (SSSR count). The van der Waals surface area contributed by atoms with Crippen LogP contribution in [0, 0.1) is 11.3 Å². The summed E-state index contributed by atoms with van der Waals surface area (Å²) in [5, 5.41) is 3.08. The van der Waals surface area contributed by atoms with Crippen LogP contribution in [0.2, 0.25) is 0 Å². The van der Waals surface area contributed by atoms with E-state index in [1.165, 1.54) is 19.3 Å². The average molecular weight is 183 g/mol. The van der Waals surface area contributed by atoms with Gasteiger partial charge in [0, 0.05) is 12.0 Å². The van der Waals surface area contributed by atoms with Crippen molar-refractivity contribution in [3.05, 3.63) is 0 Å². The molecular weight excluding hydrogens is 162 g/mol. The van der Waals surface area contributed by atoms with Gasteiger partial charge in [0.25, 0.3) is 0 Å². The lowest BCUT2D eigenvalue weighted by molar-refractivity contribution is -0.128. The van der Waals surface area contributed by atoms with Crippen molar-refractivity contribution in [3.63, 3.8) is 0 Å². The Kier molecular flexibility index (Phi) is 2.99. The molecule has 1 aliphatic carbocycles. The summed E-state index contributed by atoms with van der Waals surface area (Å²) in [4.78, 5) is 11.7. The first-order valence-electron chi connectivity index (χ1n) is 5.21. The third-order valence-corrected chi connectivity index (χ3v) is 3.14. The highest BCUT2D eigenvalue weighted by molar-refractivity contribution is 5.79. The number of amides is 1. The minimum absolute atomic E-state index is 0.0772. The lowest BCUT2D eigenvalue weighted by Gasteiger charge is -2.31. The zero-order chi connectivity index (χ0) is 10.1. The molecule has 2 nitrogen and oxygen atoms in total. The van der Waals surface area contributed by atoms with Crippen molar-refractivity contribution in [3.8, 4) is 0 Å². The second-order valence-corrected chi connectivity index (χ2v) is 5.22. The molecule has 1 atom stereocenters. The van der Waals surface area contributed by atoms with Crippen LogP contribution in [-0.4, -0.2) is 11.9 Å². The van der Waals surface area contributed by atoms with E-state index in [-0.39, 0.29) is 17.2 Å². The van der Waals surface area contributed by atoms with Crippen molar-refractivity contribution in [1.82, 2.24) is 5.32 Å². The van der Waals surface area contributed by atoms with Crippen molar-refractivity contribution in [2.45, 2.75) is 53.0 Å². The molecular formula is C11H21NO. The molecule has 1 aliphatic rings. The Morgan fingerprint density at radius 3 is 2.23 bits per heavy atom. The zero-order valence-electron chi connectivity index (χ0n) is 9.18. The van der Waals surface area contributed by atoms with Gasteiger partial charge < -0.3 is 5.32 Å². The van der Waals surface area contributed by atoms with Gasteiger partial charge in [-0.05, 0) is 24.7 Å². The Hall–Kier alpha value is -0.530. The molecule has 0 aromatic heterocycles. The third kappa shape index (κ3) is 2.71. The van der Waals surface area contributed by atoms with Crippen LogP contribution in [0.1, 0.15) is 47.0 Å².